The molecule has 5 nitrogen and oxygen atoms in total. The molecule has 0 N–H and O–H groups in total. The number of ether oxygens (including phenoxy) is 1. The SMILES string of the molecule is COC(=O)CN(C)Cc1ncc(-c2ccc(Cl)cc2)o1. The van der Waals surface area contributed by atoms with Crippen molar-refractivity contribution in [2.45, 2.75) is 6.54 Å². The standard InChI is InChI=1S/C14H15ClN2O3/c1-17(9-14(18)19-2)8-13-16-7-12(20-13)10-3-5-11(15)6-4-10/h3-7H,8-9H2,1-2H3. The van der Waals surface area contributed by atoms with Crippen molar-refractivity contribution in [2.24, 2.45) is 0 Å². The Kier molecular flexibility index (Phi) is 4.76. The number of carbonyl (C=O) groups is 1. The van der Waals surface area contributed by atoms with Crippen LogP contribution in [0, 0.1) is 0 Å². The lowest BCUT2D eigenvalue weighted by Gasteiger charge is -2.12. The van der Waals surface area contributed by atoms with Crippen LogP contribution in [0.15, 0.2) is 34.9 Å². The van der Waals surface area contributed by atoms with Gasteiger partial charge in [-0.05, 0) is 31.3 Å². The highest BCUT2D eigenvalue weighted by Crippen LogP contribution is 2.22. The topological polar surface area (TPSA) is 55.6 Å². The minimum atomic E-state index is -0.294. The van der Waals surface area contributed by atoms with Gasteiger partial charge in [-0.2, -0.15) is 0 Å². The minimum absolute atomic E-state index is 0.190. The Morgan fingerprint density at radius 3 is 2.75 bits per heavy atom. The van der Waals surface area contributed by atoms with Gasteiger partial charge < -0.3 is 9.15 Å². The van der Waals surface area contributed by atoms with Crippen LogP contribution in [0.3, 0.4) is 0 Å². The molecule has 0 fully saturated rings. The molecule has 0 spiro atoms. The van der Waals surface area contributed by atoms with Gasteiger partial charge in [0.05, 0.1) is 26.4 Å². The zero-order valence-electron chi connectivity index (χ0n) is 11.3. The maximum Gasteiger partial charge on any atom is 0.319 e. The second kappa shape index (κ2) is 6.54. The van der Waals surface area contributed by atoms with Crippen LogP contribution in [0.2, 0.25) is 5.02 Å². The molecule has 0 aliphatic carbocycles. The van der Waals surface area contributed by atoms with Crippen molar-refractivity contribution >= 4 is 17.6 Å². The molecule has 0 saturated heterocycles. The average molecular weight is 295 g/mol. The Morgan fingerprint density at radius 2 is 2.10 bits per heavy atom. The lowest BCUT2D eigenvalue weighted by Crippen LogP contribution is -2.26. The van der Waals surface area contributed by atoms with Crippen LogP contribution in [0.5, 0.6) is 0 Å². The molecule has 6 heteroatoms. The van der Waals surface area contributed by atoms with E-state index in [4.69, 9.17) is 16.0 Å². The van der Waals surface area contributed by atoms with E-state index in [1.165, 1.54) is 7.11 Å². The Bertz CT molecular complexity index is 580. The molecule has 0 amide bonds. The van der Waals surface area contributed by atoms with Crippen LogP contribution in [0.25, 0.3) is 11.3 Å². The van der Waals surface area contributed by atoms with Crippen LogP contribution in [0.1, 0.15) is 5.89 Å². The number of methoxy groups -OCH3 is 1. The van der Waals surface area contributed by atoms with Gasteiger partial charge in [0.25, 0.3) is 0 Å². The third-order valence-corrected chi connectivity index (χ3v) is 2.97. The van der Waals surface area contributed by atoms with Crippen molar-refractivity contribution in [2.75, 3.05) is 20.7 Å². The summed E-state index contributed by atoms with van der Waals surface area (Å²) in [6, 6.07) is 7.32. The smallest absolute Gasteiger partial charge is 0.319 e. The van der Waals surface area contributed by atoms with Gasteiger partial charge in [-0.15, -0.1) is 0 Å². The highest BCUT2D eigenvalue weighted by molar-refractivity contribution is 6.30. The van der Waals surface area contributed by atoms with Gasteiger partial charge in [-0.1, -0.05) is 11.6 Å². The number of halogens is 1. The molecule has 0 radical (unpaired) electrons. The summed E-state index contributed by atoms with van der Waals surface area (Å²) in [5.41, 5.74) is 0.906. The lowest BCUT2D eigenvalue weighted by atomic mass is 10.2. The van der Waals surface area contributed by atoms with E-state index >= 15 is 0 Å². The second-order valence-electron chi connectivity index (χ2n) is 4.37. The summed E-state index contributed by atoms with van der Waals surface area (Å²) in [5.74, 6) is 0.918. The van der Waals surface area contributed by atoms with Gasteiger partial charge in [0.2, 0.25) is 5.89 Å². The number of nitrogens with zero attached hydrogens (tertiary/aromatic N) is 2. The summed E-state index contributed by atoms with van der Waals surface area (Å²) in [5, 5.41) is 0.673. The fourth-order valence-corrected chi connectivity index (χ4v) is 1.83. The van der Waals surface area contributed by atoms with Crippen LogP contribution >= 0.6 is 11.6 Å². The first-order valence-electron chi connectivity index (χ1n) is 6.04. The molecule has 106 valence electrons. The molecule has 1 heterocycles. The molecule has 1 aromatic heterocycles. The van der Waals surface area contributed by atoms with E-state index in [2.05, 4.69) is 9.72 Å². The fourth-order valence-electron chi connectivity index (χ4n) is 1.70. The minimum Gasteiger partial charge on any atom is -0.468 e. The van der Waals surface area contributed by atoms with Gasteiger partial charge >= 0.3 is 5.97 Å². The summed E-state index contributed by atoms with van der Waals surface area (Å²) in [4.78, 5) is 17.1. The van der Waals surface area contributed by atoms with Crippen LogP contribution < -0.4 is 0 Å². The molecule has 2 rings (SSSR count). The number of benzene rings is 1. The van der Waals surface area contributed by atoms with Gasteiger partial charge in [-0.3, -0.25) is 9.69 Å². The predicted molar refractivity (Wildman–Crippen MR) is 75.3 cm³/mol. The molecule has 0 saturated carbocycles. The number of rotatable bonds is 5. The highest BCUT2D eigenvalue weighted by atomic mass is 35.5. The van der Waals surface area contributed by atoms with Crippen LogP contribution in [-0.2, 0) is 16.1 Å². The molecule has 20 heavy (non-hydrogen) atoms. The van der Waals surface area contributed by atoms with Gasteiger partial charge in [0.1, 0.15) is 0 Å². The first-order chi connectivity index (χ1) is 9.58. The Labute approximate surface area is 122 Å². The largest absolute Gasteiger partial charge is 0.468 e. The number of esters is 1. The third-order valence-electron chi connectivity index (χ3n) is 2.71. The maximum atomic E-state index is 11.1. The fraction of sp³-hybridized carbons (Fsp3) is 0.286. The lowest BCUT2D eigenvalue weighted by molar-refractivity contribution is -0.141. The molecule has 0 bridgehead atoms. The number of likely N-dealkylation sites (N-methyl/N-ethyl adjacent to an activating group) is 1. The first kappa shape index (κ1) is 14.6. The zero-order valence-corrected chi connectivity index (χ0v) is 12.1. The second-order valence-corrected chi connectivity index (χ2v) is 4.81. The van der Waals surface area contributed by atoms with Gasteiger partial charge in [-0.25, -0.2) is 4.98 Å². The van der Waals surface area contributed by atoms with E-state index in [1.54, 1.807) is 30.3 Å². The molecule has 0 atom stereocenters. The van der Waals surface area contributed by atoms with Crippen LogP contribution in [0.4, 0.5) is 0 Å². The van der Waals surface area contributed by atoms with Crippen molar-refractivity contribution in [1.29, 1.82) is 0 Å². The summed E-state index contributed by atoms with van der Waals surface area (Å²) < 4.78 is 10.2. The molecule has 2 aromatic rings. The number of aromatic nitrogens is 1. The Morgan fingerprint density at radius 1 is 1.40 bits per heavy atom. The van der Waals surface area contributed by atoms with Crippen molar-refractivity contribution in [3.8, 4) is 11.3 Å². The van der Waals surface area contributed by atoms with E-state index < -0.39 is 0 Å². The average Bonchev–Trinajstić information content (AvgIpc) is 2.87. The zero-order chi connectivity index (χ0) is 14.5. The Hall–Kier alpha value is -1.85. The quantitative estimate of drug-likeness (QED) is 0.793. The summed E-state index contributed by atoms with van der Waals surface area (Å²) in [6.07, 6.45) is 1.66. The molecule has 0 unspecified atom stereocenters. The van der Waals surface area contributed by atoms with Gasteiger partial charge in [0.15, 0.2) is 5.76 Å². The van der Waals surface area contributed by atoms with Crippen molar-refractivity contribution < 1.29 is 13.9 Å². The number of hydrogen-bond donors (Lipinski definition) is 0. The summed E-state index contributed by atoms with van der Waals surface area (Å²) >= 11 is 5.84. The molecule has 0 aliphatic heterocycles. The highest BCUT2D eigenvalue weighted by Gasteiger charge is 2.11. The van der Waals surface area contributed by atoms with Gasteiger partial charge in [0, 0.05) is 10.6 Å². The van der Waals surface area contributed by atoms with E-state index in [9.17, 15) is 4.79 Å². The van der Waals surface area contributed by atoms with E-state index in [1.807, 2.05) is 12.1 Å². The molecular weight excluding hydrogens is 280 g/mol. The number of hydrogen-bond acceptors (Lipinski definition) is 5. The van der Waals surface area contributed by atoms with E-state index in [0.717, 1.165) is 5.56 Å². The first-order valence-corrected chi connectivity index (χ1v) is 6.42. The number of carbonyl (C=O) groups excluding carboxylic acids is 1. The Balaban J connectivity index is 2.02. The summed E-state index contributed by atoms with van der Waals surface area (Å²) in [6.45, 7) is 0.623. The van der Waals surface area contributed by atoms with Crippen molar-refractivity contribution in [3.63, 3.8) is 0 Å². The normalized spacial score (nSPS) is 10.8. The monoisotopic (exact) mass is 294 g/mol. The molecule has 0 aliphatic rings. The van der Waals surface area contributed by atoms with Crippen LogP contribution in [-0.4, -0.2) is 36.6 Å². The van der Waals surface area contributed by atoms with E-state index in [0.29, 0.717) is 23.2 Å². The molecular formula is C14H15ClN2O3. The maximum absolute atomic E-state index is 11.1. The molecule has 1 aromatic carbocycles. The third kappa shape index (κ3) is 3.82. The van der Waals surface area contributed by atoms with Crippen molar-refractivity contribution in [3.05, 3.63) is 41.4 Å². The van der Waals surface area contributed by atoms with E-state index in [-0.39, 0.29) is 12.5 Å². The van der Waals surface area contributed by atoms with Crippen molar-refractivity contribution in [1.82, 2.24) is 9.88 Å². The number of oxazole rings is 1. The predicted octanol–water partition coefficient (Wildman–Crippen LogP) is 2.60. The summed E-state index contributed by atoms with van der Waals surface area (Å²) in [7, 11) is 3.16.